The number of piperidine rings is 1. The van der Waals surface area contributed by atoms with Gasteiger partial charge in [0.15, 0.2) is 11.4 Å². The molecule has 0 amide bonds. The van der Waals surface area contributed by atoms with Crippen LogP contribution in [0.5, 0.6) is 5.75 Å². The maximum Gasteiger partial charge on any atom is 0.197 e. The van der Waals surface area contributed by atoms with Crippen molar-refractivity contribution in [2.75, 3.05) is 25.1 Å². The van der Waals surface area contributed by atoms with Gasteiger partial charge in [0.25, 0.3) is 0 Å². The van der Waals surface area contributed by atoms with E-state index in [4.69, 9.17) is 9.72 Å². The standard InChI is InChI=1S/C26H34N6O/c1-16(2)10-18-6-8-31(9-7-18)23-12-20-21(13-27-23)30-25(24(20)17(3)4)19-11-22(33-5)26-28-15-29-32(26)14-19/h11-18,30H,6-10H2,1-5H3. The minimum absolute atomic E-state index is 0.346. The SMILES string of the molecule is COc1cc(-c2[nH]c3cnc(N4CCC(CC(C)C)CC4)cc3c2C(C)C)cn2ncnc12. The zero-order valence-corrected chi connectivity index (χ0v) is 20.3. The van der Waals surface area contributed by atoms with Crippen molar-refractivity contribution in [1.82, 2.24) is 24.6 Å². The summed E-state index contributed by atoms with van der Waals surface area (Å²) in [7, 11) is 1.67. The molecular weight excluding hydrogens is 412 g/mol. The van der Waals surface area contributed by atoms with Gasteiger partial charge in [0.05, 0.1) is 24.5 Å². The predicted molar refractivity (Wildman–Crippen MR) is 133 cm³/mol. The minimum atomic E-state index is 0.346. The molecule has 0 spiro atoms. The first-order chi connectivity index (χ1) is 15.9. The number of fused-ring (bicyclic) bond motifs is 2. The van der Waals surface area contributed by atoms with Gasteiger partial charge in [0.2, 0.25) is 0 Å². The zero-order chi connectivity index (χ0) is 23.1. The second-order valence-corrected chi connectivity index (χ2v) is 10.0. The van der Waals surface area contributed by atoms with Crippen LogP contribution in [0.1, 0.15) is 58.4 Å². The first-order valence-electron chi connectivity index (χ1n) is 12.1. The van der Waals surface area contributed by atoms with Crippen LogP contribution in [0.15, 0.2) is 30.9 Å². The molecular formula is C26H34N6O. The van der Waals surface area contributed by atoms with E-state index >= 15 is 0 Å². The molecule has 174 valence electrons. The fourth-order valence-corrected chi connectivity index (χ4v) is 5.35. The molecule has 0 saturated carbocycles. The van der Waals surface area contributed by atoms with Crippen LogP contribution in [0.2, 0.25) is 0 Å². The van der Waals surface area contributed by atoms with Gasteiger partial charge in [-0.2, -0.15) is 5.10 Å². The van der Waals surface area contributed by atoms with Gasteiger partial charge in [-0.1, -0.05) is 27.7 Å². The van der Waals surface area contributed by atoms with Gasteiger partial charge >= 0.3 is 0 Å². The molecule has 1 aliphatic rings. The number of nitrogens with one attached hydrogen (secondary N) is 1. The number of nitrogens with zero attached hydrogens (tertiary/aromatic N) is 5. The maximum atomic E-state index is 5.60. The fourth-order valence-electron chi connectivity index (χ4n) is 5.35. The summed E-state index contributed by atoms with van der Waals surface area (Å²) in [5.41, 5.74) is 5.19. The Labute approximate surface area is 195 Å². The van der Waals surface area contributed by atoms with Gasteiger partial charge in [-0.3, -0.25) is 0 Å². The van der Waals surface area contributed by atoms with Crippen LogP contribution in [0.25, 0.3) is 27.8 Å². The lowest BCUT2D eigenvalue weighted by Gasteiger charge is -2.33. The molecule has 0 unspecified atom stereocenters. The molecule has 1 aliphatic heterocycles. The van der Waals surface area contributed by atoms with E-state index < -0.39 is 0 Å². The highest BCUT2D eigenvalue weighted by Gasteiger charge is 2.23. The van der Waals surface area contributed by atoms with Crippen LogP contribution in [-0.4, -0.2) is 44.8 Å². The number of hydrogen-bond acceptors (Lipinski definition) is 5. The average molecular weight is 447 g/mol. The number of ether oxygens (including phenoxy) is 1. The summed E-state index contributed by atoms with van der Waals surface area (Å²) in [6, 6.07) is 4.31. The molecule has 0 atom stereocenters. The van der Waals surface area contributed by atoms with Gasteiger partial charge in [-0.25, -0.2) is 14.5 Å². The highest BCUT2D eigenvalue weighted by atomic mass is 16.5. The van der Waals surface area contributed by atoms with E-state index in [0.29, 0.717) is 17.3 Å². The van der Waals surface area contributed by atoms with E-state index in [-0.39, 0.29) is 0 Å². The smallest absolute Gasteiger partial charge is 0.197 e. The summed E-state index contributed by atoms with van der Waals surface area (Å²) in [5, 5.41) is 5.58. The van der Waals surface area contributed by atoms with Gasteiger partial charge in [-0.05, 0) is 54.7 Å². The summed E-state index contributed by atoms with van der Waals surface area (Å²) in [6.07, 6.45) is 9.39. The lowest BCUT2D eigenvalue weighted by molar-refractivity contribution is 0.337. The van der Waals surface area contributed by atoms with Crippen LogP contribution in [-0.2, 0) is 0 Å². The van der Waals surface area contributed by atoms with Crippen molar-refractivity contribution in [2.45, 2.75) is 52.9 Å². The molecule has 4 aromatic rings. The van der Waals surface area contributed by atoms with Crippen molar-refractivity contribution < 1.29 is 4.74 Å². The molecule has 7 heteroatoms. The van der Waals surface area contributed by atoms with Crippen molar-refractivity contribution in [3.8, 4) is 17.0 Å². The summed E-state index contributed by atoms with van der Waals surface area (Å²) < 4.78 is 7.37. The average Bonchev–Trinajstić information content (AvgIpc) is 3.42. The van der Waals surface area contributed by atoms with Crippen LogP contribution < -0.4 is 9.64 Å². The Kier molecular flexibility index (Phi) is 5.72. The van der Waals surface area contributed by atoms with Crippen LogP contribution >= 0.6 is 0 Å². The number of methoxy groups -OCH3 is 1. The van der Waals surface area contributed by atoms with Crippen LogP contribution in [0, 0.1) is 11.8 Å². The molecule has 0 aliphatic carbocycles. The molecule has 4 aromatic heterocycles. The Morgan fingerprint density at radius 3 is 2.61 bits per heavy atom. The van der Waals surface area contributed by atoms with E-state index in [2.05, 4.69) is 53.7 Å². The quantitative estimate of drug-likeness (QED) is 0.413. The van der Waals surface area contributed by atoms with E-state index in [9.17, 15) is 0 Å². The molecule has 0 radical (unpaired) electrons. The Bertz CT molecular complexity index is 1260. The summed E-state index contributed by atoms with van der Waals surface area (Å²) >= 11 is 0. The third-order valence-corrected chi connectivity index (χ3v) is 6.88. The number of pyridine rings is 2. The van der Waals surface area contributed by atoms with E-state index in [1.807, 2.05) is 18.5 Å². The highest BCUT2D eigenvalue weighted by molar-refractivity contribution is 5.92. The lowest BCUT2D eigenvalue weighted by atomic mass is 9.88. The van der Waals surface area contributed by atoms with Crippen molar-refractivity contribution >= 4 is 22.4 Å². The molecule has 0 aromatic carbocycles. The van der Waals surface area contributed by atoms with Crippen molar-refractivity contribution in [3.05, 3.63) is 36.4 Å². The Balaban J connectivity index is 1.53. The van der Waals surface area contributed by atoms with E-state index in [0.717, 1.165) is 47.5 Å². The molecule has 33 heavy (non-hydrogen) atoms. The molecule has 1 saturated heterocycles. The van der Waals surface area contributed by atoms with Gasteiger partial charge in [0, 0.05) is 30.2 Å². The summed E-state index contributed by atoms with van der Waals surface area (Å²) in [5.74, 6) is 3.76. The Hall–Kier alpha value is -3.09. The maximum absolute atomic E-state index is 5.60. The summed E-state index contributed by atoms with van der Waals surface area (Å²) in [4.78, 5) is 15.2. The first-order valence-corrected chi connectivity index (χ1v) is 12.1. The Morgan fingerprint density at radius 2 is 1.91 bits per heavy atom. The highest BCUT2D eigenvalue weighted by Crippen LogP contribution is 2.38. The number of rotatable bonds is 6. The van der Waals surface area contributed by atoms with Crippen molar-refractivity contribution in [3.63, 3.8) is 0 Å². The number of aromatic amines is 1. The molecule has 1 N–H and O–H groups in total. The molecule has 5 heterocycles. The number of anilines is 1. The fraction of sp³-hybridized carbons (Fsp3) is 0.500. The molecule has 0 bridgehead atoms. The zero-order valence-electron chi connectivity index (χ0n) is 20.3. The Morgan fingerprint density at radius 1 is 1.12 bits per heavy atom. The third-order valence-electron chi connectivity index (χ3n) is 6.88. The van der Waals surface area contributed by atoms with E-state index in [1.54, 1.807) is 18.0 Å². The first kappa shape index (κ1) is 21.7. The van der Waals surface area contributed by atoms with Crippen molar-refractivity contribution in [2.24, 2.45) is 11.8 Å². The topological polar surface area (TPSA) is 71.3 Å². The minimum Gasteiger partial charge on any atom is -0.493 e. The van der Waals surface area contributed by atoms with Gasteiger partial charge in [0.1, 0.15) is 12.1 Å². The van der Waals surface area contributed by atoms with Gasteiger partial charge < -0.3 is 14.6 Å². The second kappa shape index (κ2) is 8.69. The van der Waals surface area contributed by atoms with Crippen molar-refractivity contribution in [1.29, 1.82) is 0 Å². The normalized spacial score (nSPS) is 15.4. The monoisotopic (exact) mass is 446 g/mol. The lowest BCUT2D eigenvalue weighted by Crippen LogP contribution is -2.34. The molecule has 5 rings (SSSR count). The second-order valence-electron chi connectivity index (χ2n) is 10.0. The van der Waals surface area contributed by atoms with Crippen LogP contribution in [0.4, 0.5) is 5.82 Å². The number of hydrogen-bond donors (Lipinski definition) is 1. The van der Waals surface area contributed by atoms with Crippen LogP contribution in [0.3, 0.4) is 0 Å². The largest absolute Gasteiger partial charge is 0.493 e. The van der Waals surface area contributed by atoms with Gasteiger partial charge in [-0.15, -0.1) is 0 Å². The summed E-state index contributed by atoms with van der Waals surface area (Å²) in [6.45, 7) is 11.3. The number of H-pyrrole nitrogens is 1. The molecule has 1 fully saturated rings. The molecule has 7 nitrogen and oxygen atoms in total. The third kappa shape index (κ3) is 4.05. The van der Waals surface area contributed by atoms with E-state index in [1.165, 1.54) is 30.2 Å². The number of aromatic nitrogens is 5. The predicted octanol–water partition coefficient (Wildman–Crippen LogP) is 5.67.